The Balaban J connectivity index is 1.58. The molecule has 1 N–H and O–H groups in total. The molecule has 0 aliphatic heterocycles. The molecule has 3 rings (SSSR count). The van der Waals surface area contributed by atoms with Gasteiger partial charge in [0.2, 0.25) is 5.91 Å². The number of hydrogen-bond donors (Lipinski definition) is 1. The molecular formula is C24H25N3O3. The Kier molecular flexibility index (Phi) is 6.57. The highest BCUT2D eigenvalue weighted by Gasteiger charge is 2.11. The van der Waals surface area contributed by atoms with Gasteiger partial charge in [0.1, 0.15) is 5.75 Å². The standard InChI is InChI=1S/C24H25N3O3/c1-15-8-9-19(12-16(15)2)22(28)10-11-23(29)27-20-6-5-7-21(14-20)30-24-25-17(3)13-18(4)26-24/h5-9,12-14H,10-11H2,1-4H3,(H,27,29). The van der Waals surface area contributed by atoms with Crippen LogP contribution in [0.4, 0.5) is 5.69 Å². The van der Waals surface area contributed by atoms with Crippen molar-refractivity contribution in [1.82, 2.24) is 9.97 Å². The number of Topliss-reactive ketones (excluding diaryl/α,β-unsaturated/α-hetero) is 1. The summed E-state index contributed by atoms with van der Waals surface area (Å²) in [4.78, 5) is 33.2. The number of hydrogen-bond acceptors (Lipinski definition) is 5. The minimum atomic E-state index is -0.230. The van der Waals surface area contributed by atoms with E-state index < -0.39 is 0 Å². The highest BCUT2D eigenvalue weighted by atomic mass is 16.5. The van der Waals surface area contributed by atoms with E-state index in [0.29, 0.717) is 17.0 Å². The molecule has 154 valence electrons. The fourth-order valence-electron chi connectivity index (χ4n) is 2.99. The topological polar surface area (TPSA) is 81.2 Å². The molecule has 1 amide bonds. The predicted molar refractivity (Wildman–Crippen MR) is 116 cm³/mol. The van der Waals surface area contributed by atoms with Crippen molar-refractivity contribution in [2.75, 3.05) is 5.32 Å². The Morgan fingerprint density at radius 1 is 0.867 bits per heavy atom. The summed E-state index contributed by atoms with van der Waals surface area (Å²) >= 11 is 0. The third-order valence-corrected chi connectivity index (χ3v) is 4.70. The maximum atomic E-state index is 12.4. The number of nitrogens with one attached hydrogen (secondary N) is 1. The van der Waals surface area contributed by atoms with E-state index in [1.165, 1.54) is 0 Å². The minimum Gasteiger partial charge on any atom is -0.424 e. The van der Waals surface area contributed by atoms with Crippen LogP contribution in [0.1, 0.15) is 45.7 Å². The quantitative estimate of drug-likeness (QED) is 0.555. The fraction of sp³-hybridized carbons (Fsp3) is 0.250. The van der Waals surface area contributed by atoms with Crippen LogP contribution in [-0.2, 0) is 4.79 Å². The van der Waals surface area contributed by atoms with Crippen molar-refractivity contribution in [2.45, 2.75) is 40.5 Å². The first kappa shape index (κ1) is 21.2. The number of carbonyl (C=O) groups is 2. The van der Waals surface area contributed by atoms with Crippen molar-refractivity contribution < 1.29 is 14.3 Å². The zero-order chi connectivity index (χ0) is 21.7. The molecule has 2 aromatic carbocycles. The Hall–Kier alpha value is -3.54. The van der Waals surface area contributed by atoms with Gasteiger partial charge in [-0.2, -0.15) is 0 Å². The van der Waals surface area contributed by atoms with E-state index in [1.807, 2.05) is 45.9 Å². The van der Waals surface area contributed by atoms with E-state index in [-0.39, 0.29) is 30.5 Å². The molecule has 1 aromatic heterocycles. The van der Waals surface area contributed by atoms with Gasteiger partial charge in [-0.05, 0) is 63.1 Å². The highest BCUT2D eigenvalue weighted by molar-refractivity contribution is 6.00. The summed E-state index contributed by atoms with van der Waals surface area (Å²) in [6, 6.07) is 14.7. The molecule has 0 fully saturated rings. The molecule has 0 radical (unpaired) electrons. The third kappa shape index (κ3) is 5.73. The van der Waals surface area contributed by atoms with Crippen molar-refractivity contribution in [3.05, 3.63) is 76.6 Å². The number of benzene rings is 2. The fourth-order valence-corrected chi connectivity index (χ4v) is 2.99. The second-order valence-corrected chi connectivity index (χ2v) is 7.33. The van der Waals surface area contributed by atoms with Crippen LogP contribution in [0.3, 0.4) is 0 Å². The van der Waals surface area contributed by atoms with Gasteiger partial charge >= 0.3 is 6.01 Å². The van der Waals surface area contributed by atoms with Gasteiger partial charge in [-0.25, -0.2) is 9.97 Å². The Morgan fingerprint density at radius 2 is 1.60 bits per heavy atom. The number of ketones is 1. The van der Waals surface area contributed by atoms with Crippen molar-refractivity contribution in [2.24, 2.45) is 0 Å². The first-order valence-corrected chi connectivity index (χ1v) is 9.80. The molecule has 1 heterocycles. The molecule has 0 saturated heterocycles. The lowest BCUT2D eigenvalue weighted by molar-refractivity contribution is -0.116. The van der Waals surface area contributed by atoms with Crippen LogP contribution in [0.15, 0.2) is 48.5 Å². The van der Waals surface area contributed by atoms with Gasteiger partial charge in [0.15, 0.2) is 5.78 Å². The summed E-state index contributed by atoms with van der Waals surface area (Å²) in [5.74, 6) is 0.244. The van der Waals surface area contributed by atoms with Crippen LogP contribution in [0.25, 0.3) is 0 Å². The molecule has 0 bridgehead atoms. The van der Waals surface area contributed by atoms with Gasteiger partial charge in [-0.1, -0.05) is 18.2 Å². The van der Waals surface area contributed by atoms with E-state index in [1.54, 1.807) is 30.3 Å². The predicted octanol–water partition coefficient (Wildman–Crippen LogP) is 5.10. The molecule has 0 atom stereocenters. The number of carbonyl (C=O) groups excluding carboxylic acids is 2. The minimum absolute atomic E-state index is 0.0442. The van der Waals surface area contributed by atoms with Gasteiger partial charge < -0.3 is 10.1 Å². The monoisotopic (exact) mass is 403 g/mol. The summed E-state index contributed by atoms with van der Waals surface area (Å²) in [6.07, 6.45) is 0.262. The van der Waals surface area contributed by atoms with E-state index in [4.69, 9.17) is 4.74 Å². The lowest BCUT2D eigenvalue weighted by Gasteiger charge is -2.09. The summed E-state index contributed by atoms with van der Waals surface area (Å²) in [6.45, 7) is 7.72. The number of aryl methyl sites for hydroxylation is 4. The Labute approximate surface area is 176 Å². The summed E-state index contributed by atoms with van der Waals surface area (Å²) in [5, 5.41) is 2.81. The number of ether oxygens (including phenoxy) is 1. The summed E-state index contributed by atoms with van der Waals surface area (Å²) in [7, 11) is 0. The van der Waals surface area contributed by atoms with Crippen molar-refractivity contribution in [1.29, 1.82) is 0 Å². The molecule has 3 aromatic rings. The van der Waals surface area contributed by atoms with E-state index in [2.05, 4.69) is 15.3 Å². The summed E-state index contributed by atoms with van der Waals surface area (Å²) in [5.41, 5.74) is 5.05. The van der Waals surface area contributed by atoms with Crippen LogP contribution >= 0.6 is 0 Å². The maximum Gasteiger partial charge on any atom is 0.322 e. The number of amides is 1. The maximum absolute atomic E-state index is 12.4. The van der Waals surface area contributed by atoms with Gasteiger partial charge in [0.05, 0.1) is 0 Å². The first-order valence-electron chi connectivity index (χ1n) is 9.80. The zero-order valence-electron chi connectivity index (χ0n) is 17.7. The molecule has 0 saturated carbocycles. The number of rotatable bonds is 7. The SMILES string of the molecule is Cc1cc(C)nc(Oc2cccc(NC(=O)CCC(=O)c3ccc(C)c(C)c3)c2)n1. The lowest BCUT2D eigenvalue weighted by atomic mass is 10.0. The van der Waals surface area contributed by atoms with E-state index in [0.717, 1.165) is 22.5 Å². The van der Waals surface area contributed by atoms with E-state index in [9.17, 15) is 9.59 Å². The molecule has 6 nitrogen and oxygen atoms in total. The van der Waals surface area contributed by atoms with Gasteiger partial charge in [-0.15, -0.1) is 0 Å². The second-order valence-electron chi connectivity index (χ2n) is 7.33. The number of anilines is 1. The Morgan fingerprint density at radius 3 is 2.30 bits per heavy atom. The largest absolute Gasteiger partial charge is 0.424 e. The molecule has 6 heteroatoms. The third-order valence-electron chi connectivity index (χ3n) is 4.70. The smallest absolute Gasteiger partial charge is 0.322 e. The average Bonchev–Trinajstić information content (AvgIpc) is 2.67. The molecule has 0 aliphatic rings. The molecule has 0 unspecified atom stereocenters. The van der Waals surface area contributed by atoms with Gasteiger partial charge in [0, 0.05) is 41.5 Å². The van der Waals surface area contributed by atoms with Crippen molar-refractivity contribution in [3.8, 4) is 11.8 Å². The van der Waals surface area contributed by atoms with Crippen molar-refractivity contribution in [3.63, 3.8) is 0 Å². The normalized spacial score (nSPS) is 10.5. The molecule has 0 spiro atoms. The molecule has 0 aliphatic carbocycles. The second kappa shape index (κ2) is 9.31. The molecular weight excluding hydrogens is 378 g/mol. The first-order chi connectivity index (χ1) is 14.3. The molecule has 30 heavy (non-hydrogen) atoms. The van der Waals surface area contributed by atoms with Crippen LogP contribution in [-0.4, -0.2) is 21.7 Å². The van der Waals surface area contributed by atoms with Crippen LogP contribution < -0.4 is 10.1 Å². The number of nitrogens with zero attached hydrogens (tertiary/aromatic N) is 2. The van der Waals surface area contributed by atoms with Gasteiger partial charge in [-0.3, -0.25) is 9.59 Å². The Bertz CT molecular complexity index is 1070. The van der Waals surface area contributed by atoms with Crippen molar-refractivity contribution >= 4 is 17.4 Å². The lowest BCUT2D eigenvalue weighted by Crippen LogP contribution is -2.13. The zero-order valence-corrected chi connectivity index (χ0v) is 17.7. The van der Waals surface area contributed by atoms with Crippen LogP contribution in [0.2, 0.25) is 0 Å². The average molecular weight is 403 g/mol. The highest BCUT2D eigenvalue weighted by Crippen LogP contribution is 2.22. The van der Waals surface area contributed by atoms with E-state index >= 15 is 0 Å². The van der Waals surface area contributed by atoms with Crippen LogP contribution in [0.5, 0.6) is 11.8 Å². The van der Waals surface area contributed by atoms with Gasteiger partial charge in [0.25, 0.3) is 0 Å². The summed E-state index contributed by atoms with van der Waals surface area (Å²) < 4.78 is 5.71. The van der Waals surface area contributed by atoms with Crippen LogP contribution in [0, 0.1) is 27.7 Å². The number of aromatic nitrogens is 2.